The number of hydrogen-bond donors (Lipinski definition) is 2. The van der Waals surface area contributed by atoms with Gasteiger partial charge in [-0.25, -0.2) is 4.39 Å². The average molecular weight is 540 g/mol. The normalized spacial score (nSPS) is 18.4. The molecule has 4 nitrogen and oxygen atoms in total. The predicted molar refractivity (Wildman–Crippen MR) is 136 cm³/mol. The summed E-state index contributed by atoms with van der Waals surface area (Å²) in [6.45, 7) is 1.88. The van der Waals surface area contributed by atoms with Crippen molar-refractivity contribution in [3.8, 4) is 0 Å². The van der Waals surface area contributed by atoms with Gasteiger partial charge in [0.15, 0.2) is 5.78 Å². The van der Waals surface area contributed by atoms with Crippen molar-refractivity contribution in [1.29, 1.82) is 0 Å². The number of aryl methyl sites for hydroxylation is 1. The molecule has 1 aliphatic rings. The van der Waals surface area contributed by atoms with Crippen LogP contribution in [-0.2, 0) is 11.2 Å². The van der Waals surface area contributed by atoms with Crippen LogP contribution in [0.2, 0.25) is 10.0 Å². The van der Waals surface area contributed by atoms with Gasteiger partial charge in [0, 0.05) is 29.3 Å². The van der Waals surface area contributed by atoms with Crippen LogP contribution < -0.4 is 11.1 Å². The zero-order chi connectivity index (χ0) is 24.8. The fraction of sp³-hybridized carbons (Fsp3) is 0.200. The minimum atomic E-state index is -1.37. The van der Waals surface area contributed by atoms with E-state index in [0.717, 1.165) is 11.1 Å². The maximum absolute atomic E-state index is 13.5. The molecule has 1 fully saturated rings. The molecule has 0 spiro atoms. The van der Waals surface area contributed by atoms with Gasteiger partial charge in [0.05, 0.1) is 16.0 Å². The Morgan fingerprint density at radius 2 is 1.76 bits per heavy atom. The van der Waals surface area contributed by atoms with E-state index in [1.165, 1.54) is 24.3 Å². The van der Waals surface area contributed by atoms with Crippen LogP contribution in [0.5, 0.6) is 0 Å². The van der Waals surface area contributed by atoms with Crippen molar-refractivity contribution in [2.24, 2.45) is 5.92 Å². The number of carbonyl (C=O) groups is 2. The van der Waals surface area contributed by atoms with E-state index in [1.807, 2.05) is 6.92 Å². The lowest BCUT2D eigenvalue weighted by Crippen LogP contribution is -2.17. The maximum Gasteiger partial charge on any atom is 0.231 e. The molecule has 0 aromatic heterocycles. The average Bonchev–Trinajstić information content (AvgIpc) is 3.35. The Morgan fingerprint density at radius 3 is 2.44 bits per heavy atom. The Hall–Kier alpha value is -2.31. The summed E-state index contributed by atoms with van der Waals surface area (Å²) in [6.07, 6.45) is 0.131. The number of amides is 1. The van der Waals surface area contributed by atoms with Crippen molar-refractivity contribution in [2.75, 3.05) is 11.1 Å². The maximum atomic E-state index is 13.5. The number of nitrogens with one attached hydrogen (secondary N) is 1. The van der Waals surface area contributed by atoms with Gasteiger partial charge in [0.25, 0.3) is 0 Å². The number of Topliss-reactive ketones (excluding diaryl/α,β-unsaturated/α-hetero) is 1. The van der Waals surface area contributed by atoms with E-state index in [1.54, 1.807) is 30.3 Å². The van der Waals surface area contributed by atoms with E-state index in [0.29, 0.717) is 16.9 Å². The predicted octanol–water partition coefficient (Wildman–Crippen LogP) is 6.97. The first-order valence-corrected chi connectivity index (χ1v) is 11.8. The number of carbonyl (C=O) groups excluding carboxylic acids is 2. The van der Waals surface area contributed by atoms with E-state index < -0.39 is 27.9 Å². The van der Waals surface area contributed by atoms with Gasteiger partial charge in [-0.2, -0.15) is 0 Å². The second kappa shape index (κ2) is 9.38. The number of anilines is 2. The van der Waals surface area contributed by atoms with Crippen molar-refractivity contribution in [3.63, 3.8) is 0 Å². The first kappa shape index (κ1) is 24.8. The van der Waals surface area contributed by atoms with E-state index in [9.17, 15) is 14.0 Å². The van der Waals surface area contributed by atoms with Crippen LogP contribution in [0.25, 0.3) is 0 Å². The first-order chi connectivity index (χ1) is 16.0. The van der Waals surface area contributed by atoms with E-state index in [2.05, 4.69) is 5.32 Å². The van der Waals surface area contributed by atoms with Crippen molar-refractivity contribution in [1.82, 2.24) is 0 Å². The number of nitrogen functional groups attached to an aromatic ring is 1. The molecule has 0 radical (unpaired) electrons. The summed E-state index contributed by atoms with van der Waals surface area (Å²) in [6, 6.07) is 14.1. The molecule has 0 bridgehead atoms. The van der Waals surface area contributed by atoms with Crippen molar-refractivity contribution < 1.29 is 14.0 Å². The van der Waals surface area contributed by atoms with E-state index in [-0.39, 0.29) is 27.8 Å². The molecule has 34 heavy (non-hydrogen) atoms. The number of ketones is 1. The van der Waals surface area contributed by atoms with Crippen LogP contribution in [0.1, 0.15) is 33.0 Å². The summed E-state index contributed by atoms with van der Waals surface area (Å²) < 4.78 is 12.1. The van der Waals surface area contributed by atoms with Crippen LogP contribution in [0.4, 0.5) is 15.8 Å². The zero-order valence-corrected chi connectivity index (χ0v) is 20.9. The molecule has 1 aliphatic carbocycles. The molecule has 0 aliphatic heterocycles. The molecule has 9 heteroatoms. The summed E-state index contributed by atoms with van der Waals surface area (Å²) in [7, 11) is 0. The Balaban J connectivity index is 1.51. The van der Waals surface area contributed by atoms with Crippen molar-refractivity contribution >= 4 is 69.5 Å². The Morgan fingerprint density at radius 1 is 1.03 bits per heavy atom. The lowest BCUT2D eigenvalue weighted by atomic mass is 9.98. The lowest BCUT2D eigenvalue weighted by Gasteiger charge is -2.10. The van der Waals surface area contributed by atoms with Crippen molar-refractivity contribution in [3.05, 3.63) is 92.7 Å². The Kier molecular flexibility index (Phi) is 6.85. The van der Waals surface area contributed by atoms with Gasteiger partial charge < -0.3 is 11.1 Å². The SMILES string of the molecule is Cc1cc(N)ccc1CC(=O)c1cc(NC(=O)C2C(c3ccc(F)c(Cl)c3)C2(Cl)Cl)ccc1Cl. The number of hydrogen-bond acceptors (Lipinski definition) is 3. The second-order valence-electron chi connectivity index (χ2n) is 8.27. The Labute approximate surface area is 216 Å². The van der Waals surface area contributed by atoms with Crippen LogP contribution >= 0.6 is 46.4 Å². The summed E-state index contributed by atoms with van der Waals surface area (Å²) in [5.74, 6) is -2.57. The summed E-state index contributed by atoms with van der Waals surface area (Å²) in [5.41, 5.74) is 9.33. The molecule has 4 rings (SSSR count). The fourth-order valence-electron chi connectivity index (χ4n) is 4.00. The molecule has 0 heterocycles. The smallest absolute Gasteiger partial charge is 0.231 e. The van der Waals surface area contributed by atoms with Crippen molar-refractivity contribution in [2.45, 2.75) is 23.6 Å². The highest BCUT2D eigenvalue weighted by Gasteiger charge is 2.67. The largest absolute Gasteiger partial charge is 0.399 e. The van der Waals surface area contributed by atoms with Gasteiger partial charge in [-0.3, -0.25) is 9.59 Å². The second-order valence-corrected chi connectivity index (χ2v) is 10.5. The summed E-state index contributed by atoms with van der Waals surface area (Å²) >= 11 is 24.9. The zero-order valence-electron chi connectivity index (χ0n) is 17.8. The van der Waals surface area contributed by atoms with E-state index in [4.69, 9.17) is 52.1 Å². The molecule has 2 unspecified atom stereocenters. The molecule has 3 aromatic rings. The molecule has 176 valence electrons. The molecule has 3 N–H and O–H groups in total. The van der Waals surface area contributed by atoms with Gasteiger partial charge in [-0.1, -0.05) is 35.3 Å². The van der Waals surface area contributed by atoms with Gasteiger partial charge in [0.2, 0.25) is 5.91 Å². The number of alkyl halides is 2. The van der Waals surface area contributed by atoms with Crippen LogP contribution in [0, 0.1) is 18.7 Å². The first-order valence-electron chi connectivity index (χ1n) is 10.3. The molecule has 3 aromatic carbocycles. The Bertz CT molecular complexity index is 1310. The third kappa shape index (κ3) is 4.89. The minimum absolute atomic E-state index is 0.0788. The molecule has 2 atom stereocenters. The lowest BCUT2D eigenvalue weighted by molar-refractivity contribution is -0.117. The molecular formula is C25H19Cl4FN2O2. The minimum Gasteiger partial charge on any atom is -0.399 e. The summed E-state index contributed by atoms with van der Waals surface area (Å²) in [5, 5.41) is 2.94. The third-order valence-corrected chi connectivity index (χ3v) is 7.45. The number of nitrogens with two attached hydrogens (primary N) is 1. The van der Waals surface area contributed by atoms with Gasteiger partial charge in [0.1, 0.15) is 10.2 Å². The van der Waals surface area contributed by atoms with Crippen LogP contribution in [0.3, 0.4) is 0 Å². The van der Waals surface area contributed by atoms with Gasteiger partial charge >= 0.3 is 0 Å². The molecule has 1 saturated carbocycles. The van der Waals surface area contributed by atoms with Gasteiger partial charge in [-0.05, 0) is 66.1 Å². The molecule has 0 saturated heterocycles. The van der Waals surface area contributed by atoms with Crippen LogP contribution in [-0.4, -0.2) is 16.0 Å². The highest BCUT2D eigenvalue weighted by atomic mass is 35.5. The third-order valence-electron chi connectivity index (χ3n) is 5.89. The number of rotatable bonds is 6. The van der Waals surface area contributed by atoms with E-state index >= 15 is 0 Å². The van der Waals surface area contributed by atoms with Crippen LogP contribution in [0.15, 0.2) is 54.6 Å². The molecular weight excluding hydrogens is 521 g/mol. The monoisotopic (exact) mass is 538 g/mol. The summed E-state index contributed by atoms with van der Waals surface area (Å²) in [4.78, 5) is 25.9. The quantitative estimate of drug-likeness (QED) is 0.202. The highest BCUT2D eigenvalue weighted by molar-refractivity contribution is 6.53. The standard InChI is InChI=1S/C25H19Cl4FN2O2/c1-12-8-15(31)4-2-13(12)10-21(33)17-11-16(5-6-18(17)26)32-24(34)23-22(25(23,28)29)14-3-7-20(30)19(27)9-14/h2-9,11,22-23H,10,31H2,1H3,(H,32,34). The number of halogens is 5. The number of benzene rings is 3. The highest BCUT2D eigenvalue weighted by Crippen LogP contribution is 2.65. The topological polar surface area (TPSA) is 72.2 Å². The molecule has 1 amide bonds. The fourth-order valence-corrected chi connectivity index (χ4v) is 5.24. The van der Waals surface area contributed by atoms with Gasteiger partial charge in [-0.15, -0.1) is 23.2 Å².